The second kappa shape index (κ2) is 3.58. The molecule has 19 heavy (non-hydrogen) atoms. The molecule has 4 aromatic rings. The summed E-state index contributed by atoms with van der Waals surface area (Å²) in [5.41, 5.74) is 9.70. The van der Waals surface area contributed by atoms with Crippen molar-refractivity contribution < 1.29 is 4.42 Å². The number of nitrogen functional groups attached to an aromatic ring is 1. The zero-order chi connectivity index (χ0) is 12.8. The maximum Gasteiger partial charge on any atom is 0.308 e. The molecule has 0 amide bonds. The van der Waals surface area contributed by atoms with Crippen molar-refractivity contribution in [2.75, 3.05) is 5.73 Å². The highest BCUT2D eigenvalue weighted by atomic mass is 16.4. The SMILES string of the molecule is Nc1cccc2oc(-n3cnc4ccccc43)nc12. The molecule has 92 valence electrons. The standard InChI is InChI=1S/C14H10N4O/c15-9-4-3-7-12-13(9)17-14(19-12)18-8-16-10-5-1-2-6-11(10)18/h1-8H,15H2. The van der Waals surface area contributed by atoms with Crippen LogP contribution in [0.15, 0.2) is 53.2 Å². The summed E-state index contributed by atoms with van der Waals surface area (Å²) in [7, 11) is 0. The first kappa shape index (κ1) is 10.1. The van der Waals surface area contributed by atoms with Crippen LogP contribution in [0.3, 0.4) is 0 Å². The van der Waals surface area contributed by atoms with E-state index < -0.39 is 0 Å². The van der Waals surface area contributed by atoms with Crippen LogP contribution in [0.25, 0.3) is 28.1 Å². The van der Waals surface area contributed by atoms with Gasteiger partial charge in [0.2, 0.25) is 0 Å². The van der Waals surface area contributed by atoms with E-state index in [0.717, 1.165) is 11.0 Å². The summed E-state index contributed by atoms with van der Waals surface area (Å²) in [6.07, 6.45) is 1.70. The van der Waals surface area contributed by atoms with Crippen molar-refractivity contribution in [3.63, 3.8) is 0 Å². The van der Waals surface area contributed by atoms with Gasteiger partial charge in [0.15, 0.2) is 5.58 Å². The van der Waals surface area contributed by atoms with Gasteiger partial charge in [-0.05, 0) is 24.3 Å². The second-order valence-electron chi connectivity index (χ2n) is 4.29. The Balaban J connectivity index is 2.02. The van der Waals surface area contributed by atoms with Crippen LogP contribution in [-0.2, 0) is 0 Å². The number of anilines is 1. The molecule has 0 aliphatic heterocycles. The summed E-state index contributed by atoms with van der Waals surface area (Å²) in [5, 5.41) is 0. The minimum absolute atomic E-state index is 0.474. The lowest BCUT2D eigenvalue weighted by molar-refractivity contribution is 0.569. The molecule has 2 heterocycles. The summed E-state index contributed by atoms with van der Waals surface area (Å²) < 4.78 is 7.55. The first-order chi connectivity index (χ1) is 9.33. The van der Waals surface area contributed by atoms with Gasteiger partial charge in [0.25, 0.3) is 0 Å². The number of hydrogen-bond acceptors (Lipinski definition) is 4. The molecule has 2 N–H and O–H groups in total. The Labute approximate surface area is 108 Å². The van der Waals surface area contributed by atoms with E-state index in [1.54, 1.807) is 12.4 Å². The molecule has 0 radical (unpaired) electrons. The van der Waals surface area contributed by atoms with Crippen LogP contribution in [0.5, 0.6) is 0 Å². The number of nitrogens with two attached hydrogens (primary N) is 1. The molecule has 0 bridgehead atoms. The average Bonchev–Trinajstić information content (AvgIpc) is 3.02. The van der Waals surface area contributed by atoms with E-state index in [9.17, 15) is 0 Å². The van der Waals surface area contributed by atoms with Crippen molar-refractivity contribution in [2.45, 2.75) is 0 Å². The first-order valence-corrected chi connectivity index (χ1v) is 5.90. The van der Waals surface area contributed by atoms with Gasteiger partial charge in [-0.2, -0.15) is 4.98 Å². The Bertz CT molecular complexity index is 891. The molecule has 5 nitrogen and oxygen atoms in total. The summed E-state index contributed by atoms with van der Waals surface area (Å²) in [6.45, 7) is 0. The van der Waals surface area contributed by atoms with Crippen molar-refractivity contribution in [1.82, 2.24) is 14.5 Å². The van der Waals surface area contributed by atoms with E-state index >= 15 is 0 Å². The van der Waals surface area contributed by atoms with E-state index in [2.05, 4.69) is 9.97 Å². The van der Waals surface area contributed by atoms with Crippen molar-refractivity contribution >= 4 is 27.8 Å². The van der Waals surface area contributed by atoms with Crippen LogP contribution in [0.4, 0.5) is 5.69 Å². The Kier molecular flexibility index (Phi) is 1.91. The van der Waals surface area contributed by atoms with E-state index in [-0.39, 0.29) is 0 Å². The topological polar surface area (TPSA) is 69.9 Å². The molecule has 2 aromatic carbocycles. The Morgan fingerprint density at radius 3 is 2.84 bits per heavy atom. The number of oxazole rings is 1. The minimum atomic E-state index is 0.474. The minimum Gasteiger partial charge on any atom is -0.423 e. The highest BCUT2D eigenvalue weighted by molar-refractivity contribution is 5.86. The fourth-order valence-corrected chi connectivity index (χ4v) is 2.17. The molecule has 0 fully saturated rings. The number of imidazole rings is 1. The average molecular weight is 250 g/mol. The van der Waals surface area contributed by atoms with Crippen LogP contribution in [0, 0.1) is 0 Å². The first-order valence-electron chi connectivity index (χ1n) is 5.90. The monoisotopic (exact) mass is 250 g/mol. The summed E-state index contributed by atoms with van der Waals surface area (Å²) >= 11 is 0. The number of benzene rings is 2. The lowest BCUT2D eigenvalue weighted by atomic mass is 10.3. The van der Waals surface area contributed by atoms with Crippen LogP contribution in [0.1, 0.15) is 0 Å². The number of para-hydroxylation sites is 3. The van der Waals surface area contributed by atoms with Gasteiger partial charge in [-0.15, -0.1) is 0 Å². The molecular formula is C14H10N4O. The van der Waals surface area contributed by atoms with Crippen LogP contribution in [-0.4, -0.2) is 14.5 Å². The van der Waals surface area contributed by atoms with Gasteiger partial charge in [-0.3, -0.25) is 4.57 Å². The molecule has 0 aliphatic carbocycles. The third kappa shape index (κ3) is 1.41. The largest absolute Gasteiger partial charge is 0.423 e. The fraction of sp³-hybridized carbons (Fsp3) is 0. The zero-order valence-corrected chi connectivity index (χ0v) is 9.95. The molecule has 0 atom stereocenters. The van der Waals surface area contributed by atoms with Crippen LogP contribution in [0.2, 0.25) is 0 Å². The smallest absolute Gasteiger partial charge is 0.308 e. The summed E-state index contributed by atoms with van der Waals surface area (Å²) in [5.74, 6) is 0. The molecule has 0 saturated heterocycles. The van der Waals surface area contributed by atoms with Crippen molar-refractivity contribution in [2.24, 2.45) is 0 Å². The highest BCUT2D eigenvalue weighted by Crippen LogP contribution is 2.25. The maximum absolute atomic E-state index is 5.89. The van der Waals surface area contributed by atoms with E-state index in [4.69, 9.17) is 10.2 Å². The predicted molar refractivity (Wildman–Crippen MR) is 73.0 cm³/mol. The molecule has 0 aliphatic rings. The van der Waals surface area contributed by atoms with Crippen molar-refractivity contribution in [3.8, 4) is 6.01 Å². The van der Waals surface area contributed by atoms with Gasteiger partial charge in [0.1, 0.15) is 11.8 Å². The van der Waals surface area contributed by atoms with Gasteiger partial charge in [-0.25, -0.2) is 4.98 Å². The fourth-order valence-electron chi connectivity index (χ4n) is 2.17. The van der Waals surface area contributed by atoms with E-state index in [1.807, 2.05) is 41.0 Å². The number of fused-ring (bicyclic) bond motifs is 2. The number of nitrogens with zero attached hydrogens (tertiary/aromatic N) is 3. The Morgan fingerprint density at radius 2 is 1.95 bits per heavy atom. The quantitative estimate of drug-likeness (QED) is 0.527. The number of rotatable bonds is 1. The maximum atomic E-state index is 5.89. The van der Waals surface area contributed by atoms with Gasteiger partial charge < -0.3 is 10.2 Å². The highest BCUT2D eigenvalue weighted by Gasteiger charge is 2.12. The van der Waals surface area contributed by atoms with Crippen LogP contribution < -0.4 is 5.73 Å². The van der Waals surface area contributed by atoms with Gasteiger partial charge in [0, 0.05) is 0 Å². The molecule has 5 heteroatoms. The van der Waals surface area contributed by atoms with Gasteiger partial charge >= 0.3 is 6.01 Å². The molecule has 2 aromatic heterocycles. The molecule has 0 unspecified atom stereocenters. The van der Waals surface area contributed by atoms with Crippen molar-refractivity contribution in [1.29, 1.82) is 0 Å². The molecule has 0 spiro atoms. The lowest BCUT2D eigenvalue weighted by Crippen LogP contribution is -1.91. The molecule has 4 rings (SSSR count). The number of hydrogen-bond donors (Lipinski definition) is 1. The molecular weight excluding hydrogens is 240 g/mol. The zero-order valence-electron chi connectivity index (χ0n) is 9.95. The normalized spacial score (nSPS) is 11.4. The molecule has 0 saturated carbocycles. The third-order valence-electron chi connectivity index (χ3n) is 3.10. The summed E-state index contributed by atoms with van der Waals surface area (Å²) in [6, 6.07) is 13.8. The van der Waals surface area contributed by atoms with Gasteiger partial charge in [-0.1, -0.05) is 18.2 Å². The van der Waals surface area contributed by atoms with E-state index in [1.165, 1.54) is 0 Å². The Morgan fingerprint density at radius 1 is 1.05 bits per heavy atom. The predicted octanol–water partition coefficient (Wildman–Crippen LogP) is 2.75. The Hall–Kier alpha value is -2.82. The second-order valence-corrected chi connectivity index (χ2v) is 4.29. The lowest BCUT2D eigenvalue weighted by Gasteiger charge is -1.96. The van der Waals surface area contributed by atoms with Crippen molar-refractivity contribution in [3.05, 3.63) is 48.8 Å². The number of aromatic nitrogens is 3. The third-order valence-corrected chi connectivity index (χ3v) is 3.10. The summed E-state index contributed by atoms with van der Waals surface area (Å²) in [4.78, 5) is 8.76. The van der Waals surface area contributed by atoms with Crippen LogP contribution >= 0.6 is 0 Å². The van der Waals surface area contributed by atoms with Gasteiger partial charge in [0.05, 0.1) is 16.7 Å². The van der Waals surface area contributed by atoms with E-state index in [0.29, 0.717) is 22.8 Å².